The van der Waals surface area contributed by atoms with Crippen molar-refractivity contribution in [3.05, 3.63) is 30.1 Å². The number of halogens is 1. The van der Waals surface area contributed by atoms with Gasteiger partial charge in [-0.2, -0.15) is 0 Å². The molecule has 1 saturated carbocycles. The summed E-state index contributed by atoms with van der Waals surface area (Å²) in [6.07, 6.45) is 2.48. The lowest BCUT2D eigenvalue weighted by atomic mass is 10.1. The zero-order valence-corrected chi connectivity index (χ0v) is 13.7. The van der Waals surface area contributed by atoms with E-state index in [1.165, 1.54) is 12.1 Å². The minimum Gasteiger partial charge on any atom is -0.491 e. The third-order valence-corrected chi connectivity index (χ3v) is 4.14. The van der Waals surface area contributed by atoms with Gasteiger partial charge in [-0.15, -0.1) is 0 Å². The van der Waals surface area contributed by atoms with Crippen LogP contribution in [-0.2, 0) is 0 Å². The highest BCUT2D eigenvalue weighted by Gasteiger charge is 2.27. The second kappa shape index (κ2) is 8.15. The van der Waals surface area contributed by atoms with Crippen LogP contribution in [0.3, 0.4) is 0 Å². The van der Waals surface area contributed by atoms with Crippen LogP contribution in [0, 0.1) is 11.7 Å². The van der Waals surface area contributed by atoms with Gasteiger partial charge >= 0.3 is 6.03 Å². The third-order valence-electron chi connectivity index (χ3n) is 4.14. The number of nitrogens with one attached hydrogen (secondary N) is 1. The second-order valence-electron chi connectivity index (χ2n) is 6.26. The van der Waals surface area contributed by atoms with Crippen LogP contribution in [0.2, 0.25) is 0 Å². The topological polar surface area (TPSA) is 61.8 Å². The fourth-order valence-electron chi connectivity index (χ4n) is 2.81. The molecule has 1 aliphatic rings. The van der Waals surface area contributed by atoms with Gasteiger partial charge in [0, 0.05) is 25.6 Å². The van der Waals surface area contributed by atoms with Crippen molar-refractivity contribution in [1.82, 2.24) is 10.2 Å². The lowest BCUT2D eigenvalue weighted by molar-refractivity contribution is 0.113. The van der Waals surface area contributed by atoms with Crippen molar-refractivity contribution in [1.29, 1.82) is 0 Å². The zero-order valence-electron chi connectivity index (χ0n) is 13.7. The highest BCUT2D eigenvalue weighted by Crippen LogP contribution is 2.25. The Labute approximate surface area is 136 Å². The summed E-state index contributed by atoms with van der Waals surface area (Å²) in [5.41, 5.74) is 0. The Kier molecular flexibility index (Phi) is 6.21. The molecular formula is C17H25FN2O3. The second-order valence-corrected chi connectivity index (χ2v) is 6.26. The van der Waals surface area contributed by atoms with Crippen molar-refractivity contribution >= 4 is 6.03 Å². The number of nitrogens with zero attached hydrogens (tertiary/aromatic N) is 1. The van der Waals surface area contributed by atoms with Gasteiger partial charge in [0.05, 0.1) is 12.1 Å². The molecule has 0 saturated heterocycles. The summed E-state index contributed by atoms with van der Waals surface area (Å²) in [6.45, 7) is 2.63. The molecule has 1 aromatic carbocycles. The Bertz CT molecular complexity index is 526. The summed E-state index contributed by atoms with van der Waals surface area (Å²) < 4.78 is 18.5. The van der Waals surface area contributed by atoms with Crippen molar-refractivity contribution in [3.8, 4) is 5.75 Å². The number of hydrogen-bond acceptors (Lipinski definition) is 3. The molecule has 6 heteroatoms. The number of amides is 2. The normalized spacial score (nSPS) is 21.7. The number of aliphatic hydroxyl groups excluding tert-OH is 1. The quantitative estimate of drug-likeness (QED) is 0.845. The van der Waals surface area contributed by atoms with Gasteiger partial charge in [-0.1, -0.05) is 12.5 Å². The van der Waals surface area contributed by atoms with E-state index in [4.69, 9.17) is 4.74 Å². The monoisotopic (exact) mass is 324 g/mol. The number of ether oxygens (including phenoxy) is 1. The van der Waals surface area contributed by atoms with Crippen molar-refractivity contribution in [2.45, 2.75) is 38.3 Å². The third kappa shape index (κ3) is 5.39. The predicted octanol–water partition coefficient (Wildman–Crippen LogP) is 2.40. The molecule has 3 atom stereocenters. The van der Waals surface area contributed by atoms with Crippen molar-refractivity contribution in [2.75, 3.05) is 20.2 Å². The fourth-order valence-corrected chi connectivity index (χ4v) is 2.81. The Morgan fingerprint density at radius 1 is 1.52 bits per heavy atom. The van der Waals surface area contributed by atoms with E-state index in [2.05, 4.69) is 5.32 Å². The molecule has 2 amide bonds. The molecule has 128 valence electrons. The molecule has 0 aliphatic heterocycles. The van der Waals surface area contributed by atoms with Gasteiger partial charge in [0.25, 0.3) is 0 Å². The zero-order chi connectivity index (χ0) is 16.8. The van der Waals surface area contributed by atoms with Gasteiger partial charge in [-0.3, -0.25) is 0 Å². The molecule has 1 aliphatic carbocycles. The molecule has 23 heavy (non-hydrogen) atoms. The minimum atomic E-state index is -0.353. The smallest absolute Gasteiger partial charge is 0.317 e. The van der Waals surface area contributed by atoms with Crippen molar-refractivity contribution in [2.24, 2.45) is 5.92 Å². The van der Waals surface area contributed by atoms with E-state index in [1.54, 1.807) is 24.1 Å². The van der Waals surface area contributed by atoms with Crippen LogP contribution in [0.5, 0.6) is 5.75 Å². The Hall–Kier alpha value is -1.82. The van der Waals surface area contributed by atoms with Crippen LogP contribution in [0.15, 0.2) is 24.3 Å². The molecule has 0 aromatic heterocycles. The van der Waals surface area contributed by atoms with E-state index >= 15 is 0 Å². The van der Waals surface area contributed by atoms with E-state index in [9.17, 15) is 14.3 Å². The summed E-state index contributed by atoms with van der Waals surface area (Å²) >= 11 is 0. The number of carbonyl (C=O) groups is 1. The number of carbonyl (C=O) groups excluding carboxylic acids is 1. The average molecular weight is 324 g/mol. The number of urea groups is 1. The molecule has 1 fully saturated rings. The van der Waals surface area contributed by atoms with Gasteiger partial charge in [-0.25, -0.2) is 9.18 Å². The van der Waals surface area contributed by atoms with Crippen LogP contribution in [0.25, 0.3) is 0 Å². The maximum atomic E-state index is 13.1. The lowest BCUT2D eigenvalue weighted by Gasteiger charge is -2.25. The van der Waals surface area contributed by atoms with Crippen LogP contribution in [0.4, 0.5) is 9.18 Å². The van der Waals surface area contributed by atoms with Gasteiger partial charge in [-0.05, 0) is 31.9 Å². The summed E-state index contributed by atoms with van der Waals surface area (Å²) in [4.78, 5) is 13.7. The molecular weight excluding hydrogens is 299 g/mol. The standard InChI is InChI=1S/C17H25FN2O3/c1-12(11-23-15-7-4-6-14(18)9-15)19-17(22)20(2)10-13-5-3-8-16(13)21/h4,6-7,9,12-13,16,21H,3,5,8,10-11H2,1-2H3,(H,19,22)/t12-,13+,16+/m1/s1. The minimum absolute atomic E-state index is 0.157. The van der Waals surface area contributed by atoms with Gasteiger partial charge in [0.1, 0.15) is 18.2 Å². The Morgan fingerprint density at radius 2 is 2.30 bits per heavy atom. The molecule has 1 aromatic rings. The first-order valence-electron chi connectivity index (χ1n) is 8.03. The molecule has 0 radical (unpaired) electrons. The first kappa shape index (κ1) is 17.5. The van der Waals surface area contributed by atoms with E-state index < -0.39 is 0 Å². The summed E-state index contributed by atoms with van der Waals surface area (Å²) in [7, 11) is 1.72. The molecule has 2 rings (SSSR count). The molecule has 0 spiro atoms. The first-order valence-corrected chi connectivity index (χ1v) is 8.03. The highest BCUT2D eigenvalue weighted by atomic mass is 19.1. The number of aliphatic hydroxyl groups is 1. The maximum absolute atomic E-state index is 13.1. The van der Waals surface area contributed by atoms with Crippen LogP contribution in [0.1, 0.15) is 26.2 Å². The predicted molar refractivity (Wildman–Crippen MR) is 85.9 cm³/mol. The van der Waals surface area contributed by atoms with Crippen LogP contribution < -0.4 is 10.1 Å². The lowest BCUT2D eigenvalue weighted by Crippen LogP contribution is -2.46. The van der Waals surface area contributed by atoms with Crippen molar-refractivity contribution in [3.63, 3.8) is 0 Å². The molecule has 2 N–H and O–H groups in total. The largest absolute Gasteiger partial charge is 0.491 e. The molecule has 0 unspecified atom stereocenters. The van der Waals surface area contributed by atoms with E-state index in [0.29, 0.717) is 12.3 Å². The van der Waals surface area contributed by atoms with Gasteiger partial charge < -0.3 is 20.1 Å². The number of benzene rings is 1. The maximum Gasteiger partial charge on any atom is 0.317 e. The summed E-state index contributed by atoms with van der Waals surface area (Å²) in [6, 6.07) is 5.51. The van der Waals surface area contributed by atoms with Crippen LogP contribution >= 0.6 is 0 Å². The highest BCUT2D eigenvalue weighted by molar-refractivity contribution is 5.74. The number of hydrogen-bond donors (Lipinski definition) is 2. The van der Waals surface area contributed by atoms with Crippen LogP contribution in [-0.4, -0.2) is 48.4 Å². The molecule has 5 nitrogen and oxygen atoms in total. The van der Waals surface area contributed by atoms with E-state index in [0.717, 1.165) is 19.3 Å². The van der Waals surface area contributed by atoms with Crippen molar-refractivity contribution < 1.29 is 19.0 Å². The Morgan fingerprint density at radius 3 is 2.96 bits per heavy atom. The fraction of sp³-hybridized carbons (Fsp3) is 0.588. The Balaban J connectivity index is 1.73. The first-order chi connectivity index (χ1) is 11.0. The van der Waals surface area contributed by atoms with Gasteiger partial charge in [0.15, 0.2) is 0 Å². The average Bonchev–Trinajstić information content (AvgIpc) is 2.90. The number of rotatable bonds is 6. The summed E-state index contributed by atoms with van der Waals surface area (Å²) in [5, 5.41) is 12.7. The molecule has 0 bridgehead atoms. The van der Waals surface area contributed by atoms with E-state index in [1.807, 2.05) is 6.92 Å². The van der Waals surface area contributed by atoms with Gasteiger partial charge in [0.2, 0.25) is 0 Å². The summed E-state index contributed by atoms with van der Waals surface area (Å²) in [5.74, 6) is 0.243. The molecule has 0 heterocycles. The van der Waals surface area contributed by atoms with E-state index in [-0.39, 0.29) is 36.5 Å². The SMILES string of the molecule is C[C@H](COc1cccc(F)c1)NC(=O)N(C)C[C@@H]1CCC[C@@H]1O.